The van der Waals surface area contributed by atoms with Gasteiger partial charge >= 0.3 is 0 Å². The van der Waals surface area contributed by atoms with Crippen molar-refractivity contribution in [2.24, 2.45) is 11.8 Å². The van der Waals surface area contributed by atoms with Crippen LogP contribution in [0.5, 0.6) is 0 Å². The standard InChI is InChI=1S/C22H29N3O3/c1-15(2)11-20(26)18-5-4-10-25(14-18)22(27)17-7-9-21(23-12-17)24-13-19-8-6-16(3)28-19/h6-9,12,15,18H,4-5,10-11,13-14H2,1-3H3,(H,23,24). The van der Waals surface area contributed by atoms with E-state index in [0.717, 1.165) is 24.4 Å². The number of hydrogen-bond donors (Lipinski definition) is 1. The van der Waals surface area contributed by atoms with Gasteiger partial charge in [0.1, 0.15) is 23.1 Å². The van der Waals surface area contributed by atoms with Crippen LogP contribution < -0.4 is 5.32 Å². The van der Waals surface area contributed by atoms with Gasteiger partial charge in [-0.25, -0.2) is 4.98 Å². The second-order valence-corrected chi connectivity index (χ2v) is 7.95. The Morgan fingerprint density at radius 1 is 1.29 bits per heavy atom. The van der Waals surface area contributed by atoms with Gasteiger partial charge in [-0.2, -0.15) is 0 Å². The molecule has 1 atom stereocenters. The number of amides is 1. The van der Waals surface area contributed by atoms with E-state index in [1.807, 2.05) is 19.1 Å². The maximum absolute atomic E-state index is 12.8. The number of carbonyl (C=O) groups excluding carboxylic acids is 2. The second-order valence-electron chi connectivity index (χ2n) is 7.95. The van der Waals surface area contributed by atoms with Crippen LogP contribution in [0.15, 0.2) is 34.9 Å². The molecule has 1 N–H and O–H groups in total. The molecule has 1 aliphatic rings. The molecule has 0 bridgehead atoms. The fourth-order valence-corrected chi connectivity index (χ4v) is 3.56. The minimum atomic E-state index is -0.0530. The van der Waals surface area contributed by atoms with E-state index in [1.54, 1.807) is 23.2 Å². The summed E-state index contributed by atoms with van der Waals surface area (Å²) in [5.74, 6) is 2.94. The number of hydrogen-bond acceptors (Lipinski definition) is 5. The highest BCUT2D eigenvalue weighted by Crippen LogP contribution is 2.22. The molecule has 6 heteroatoms. The van der Waals surface area contributed by atoms with Gasteiger partial charge in [0, 0.05) is 31.6 Å². The van der Waals surface area contributed by atoms with Gasteiger partial charge in [-0.1, -0.05) is 13.8 Å². The number of likely N-dealkylation sites (tertiary alicyclic amines) is 1. The van der Waals surface area contributed by atoms with Gasteiger partial charge in [0.2, 0.25) is 0 Å². The average Bonchev–Trinajstić information content (AvgIpc) is 3.11. The fraction of sp³-hybridized carbons (Fsp3) is 0.500. The maximum atomic E-state index is 12.8. The Bertz CT molecular complexity index is 811. The lowest BCUT2D eigenvalue weighted by atomic mass is 9.89. The van der Waals surface area contributed by atoms with Gasteiger partial charge in [-0.15, -0.1) is 0 Å². The smallest absolute Gasteiger partial charge is 0.255 e. The SMILES string of the molecule is Cc1ccc(CNc2ccc(C(=O)N3CCCC(C(=O)CC(C)C)C3)cn2)o1. The Morgan fingerprint density at radius 2 is 2.11 bits per heavy atom. The number of pyridine rings is 1. The highest BCUT2D eigenvalue weighted by molar-refractivity contribution is 5.94. The lowest BCUT2D eigenvalue weighted by molar-refractivity contribution is -0.124. The van der Waals surface area contributed by atoms with Crippen molar-refractivity contribution in [3.8, 4) is 0 Å². The molecule has 0 aliphatic carbocycles. The molecular formula is C22H29N3O3. The number of piperidine rings is 1. The van der Waals surface area contributed by atoms with Crippen molar-refractivity contribution >= 4 is 17.5 Å². The van der Waals surface area contributed by atoms with Crippen molar-refractivity contribution in [2.75, 3.05) is 18.4 Å². The molecule has 150 valence electrons. The summed E-state index contributed by atoms with van der Waals surface area (Å²) in [4.78, 5) is 31.3. The normalized spacial score (nSPS) is 17.0. The molecule has 6 nitrogen and oxygen atoms in total. The summed E-state index contributed by atoms with van der Waals surface area (Å²) >= 11 is 0. The minimum absolute atomic E-state index is 0.0363. The van der Waals surface area contributed by atoms with E-state index in [2.05, 4.69) is 24.1 Å². The van der Waals surface area contributed by atoms with Gasteiger partial charge in [-0.05, 0) is 49.9 Å². The molecular weight excluding hydrogens is 354 g/mol. The Labute approximate surface area is 166 Å². The summed E-state index contributed by atoms with van der Waals surface area (Å²) < 4.78 is 5.52. The number of rotatable bonds is 7. The predicted molar refractivity (Wildman–Crippen MR) is 108 cm³/mol. The highest BCUT2D eigenvalue weighted by atomic mass is 16.3. The Kier molecular flexibility index (Phi) is 6.49. The van der Waals surface area contributed by atoms with Crippen LogP contribution in [0.4, 0.5) is 5.82 Å². The Hall–Kier alpha value is -2.63. The molecule has 0 spiro atoms. The zero-order valence-electron chi connectivity index (χ0n) is 16.9. The van der Waals surface area contributed by atoms with Gasteiger partial charge in [0.05, 0.1) is 12.1 Å². The summed E-state index contributed by atoms with van der Waals surface area (Å²) in [6, 6.07) is 7.43. The van der Waals surface area contributed by atoms with E-state index in [-0.39, 0.29) is 17.6 Å². The van der Waals surface area contributed by atoms with E-state index < -0.39 is 0 Å². The highest BCUT2D eigenvalue weighted by Gasteiger charge is 2.29. The Balaban J connectivity index is 1.56. The van der Waals surface area contributed by atoms with Crippen molar-refractivity contribution in [1.82, 2.24) is 9.88 Å². The lowest BCUT2D eigenvalue weighted by Crippen LogP contribution is -2.42. The summed E-state index contributed by atoms with van der Waals surface area (Å²) in [6.45, 7) is 7.77. The topological polar surface area (TPSA) is 75.4 Å². The third-order valence-corrected chi connectivity index (χ3v) is 5.02. The van der Waals surface area contributed by atoms with Crippen LogP contribution in [0, 0.1) is 18.8 Å². The van der Waals surface area contributed by atoms with Crippen LogP contribution in [0.3, 0.4) is 0 Å². The van der Waals surface area contributed by atoms with Crippen molar-refractivity contribution in [2.45, 2.75) is 46.6 Å². The molecule has 0 radical (unpaired) electrons. The molecule has 2 aromatic rings. The number of aryl methyl sites for hydroxylation is 1. The van der Waals surface area contributed by atoms with Gasteiger partial charge in [0.25, 0.3) is 5.91 Å². The third-order valence-electron chi connectivity index (χ3n) is 5.02. The number of carbonyl (C=O) groups is 2. The van der Waals surface area contributed by atoms with Crippen molar-refractivity contribution in [3.05, 3.63) is 47.5 Å². The van der Waals surface area contributed by atoms with Crippen LogP contribution in [0.25, 0.3) is 0 Å². The second kappa shape index (κ2) is 9.04. The van der Waals surface area contributed by atoms with E-state index in [9.17, 15) is 9.59 Å². The van der Waals surface area contributed by atoms with Crippen molar-refractivity contribution < 1.29 is 14.0 Å². The van der Waals surface area contributed by atoms with E-state index >= 15 is 0 Å². The minimum Gasteiger partial charge on any atom is -0.465 e. The number of ketones is 1. The van der Waals surface area contributed by atoms with Crippen LogP contribution in [-0.4, -0.2) is 34.7 Å². The molecule has 1 saturated heterocycles. The molecule has 1 aliphatic heterocycles. The largest absolute Gasteiger partial charge is 0.465 e. The van der Waals surface area contributed by atoms with E-state index in [1.165, 1.54) is 0 Å². The number of nitrogens with one attached hydrogen (secondary N) is 1. The van der Waals surface area contributed by atoms with Gasteiger partial charge in [0.15, 0.2) is 0 Å². The molecule has 1 fully saturated rings. The predicted octanol–water partition coefficient (Wildman–Crippen LogP) is 4.06. The average molecular weight is 383 g/mol. The zero-order valence-corrected chi connectivity index (χ0v) is 16.9. The van der Waals surface area contributed by atoms with Gasteiger partial charge < -0.3 is 14.6 Å². The van der Waals surface area contributed by atoms with E-state index in [4.69, 9.17) is 4.42 Å². The van der Waals surface area contributed by atoms with Crippen LogP contribution in [0.1, 0.15) is 55.0 Å². The molecule has 3 heterocycles. The first-order valence-corrected chi connectivity index (χ1v) is 9.99. The molecule has 1 amide bonds. The summed E-state index contributed by atoms with van der Waals surface area (Å²) in [7, 11) is 0. The van der Waals surface area contributed by atoms with Crippen molar-refractivity contribution in [1.29, 1.82) is 0 Å². The molecule has 3 rings (SSSR count). The maximum Gasteiger partial charge on any atom is 0.255 e. The number of Topliss-reactive ketones (excluding diaryl/α,β-unsaturated/α-hetero) is 1. The number of nitrogens with zero attached hydrogens (tertiary/aromatic N) is 2. The fourth-order valence-electron chi connectivity index (χ4n) is 3.56. The molecule has 28 heavy (non-hydrogen) atoms. The monoisotopic (exact) mass is 383 g/mol. The number of aromatic nitrogens is 1. The van der Waals surface area contributed by atoms with Gasteiger partial charge in [-0.3, -0.25) is 9.59 Å². The number of furan rings is 1. The molecule has 2 aromatic heterocycles. The number of anilines is 1. The first-order valence-electron chi connectivity index (χ1n) is 9.99. The third kappa shape index (κ3) is 5.21. The van der Waals surface area contributed by atoms with Crippen molar-refractivity contribution in [3.63, 3.8) is 0 Å². The summed E-state index contributed by atoms with van der Waals surface area (Å²) in [5, 5.41) is 3.19. The summed E-state index contributed by atoms with van der Waals surface area (Å²) in [6.07, 6.45) is 3.93. The Morgan fingerprint density at radius 3 is 2.75 bits per heavy atom. The quantitative estimate of drug-likeness (QED) is 0.780. The molecule has 1 unspecified atom stereocenters. The molecule has 0 aromatic carbocycles. The van der Waals surface area contributed by atoms with E-state index in [0.29, 0.717) is 43.4 Å². The lowest BCUT2D eigenvalue weighted by Gasteiger charge is -2.32. The first-order chi connectivity index (χ1) is 13.4. The van der Waals surface area contributed by atoms with Crippen LogP contribution >= 0.6 is 0 Å². The first kappa shape index (κ1) is 20.1. The summed E-state index contributed by atoms with van der Waals surface area (Å²) in [5.41, 5.74) is 0.552. The van der Waals surface area contributed by atoms with Crippen LogP contribution in [-0.2, 0) is 11.3 Å². The van der Waals surface area contributed by atoms with Crippen LogP contribution in [0.2, 0.25) is 0 Å². The molecule has 0 saturated carbocycles. The zero-order chi connectivity index (χ0) is 20.1.